The molecule has 0 saturated carbocycles. The molecule has 0 aromatic carbocycles. The summed E-state index contributed by atoms with van der Waals surface area (Å²) in [5, 5.41) is 13.5. The molecule has 1 aliphatic rings. The number of hydrogen-bond donors (Lipinski definition) is 1. The van der Waals surface area contributed by atoms with Crippen molar-refractivity contribution in [1.82, 2.24) is 9.78 Å². The predicted octanol–water partition coefficient (Wildman–Crippen LogP) is 2.12. The summed E-state index contributed by atoms with van der Waals surface area (Å²) in [5.74, 6) is -1.32. The number of aliphatic carboxylic acids is 1. The Bertz CT molecular complexity index is 690. The zero-order chi connectivity index (χ0) is 16.4. The minimum atomic E-state index is -3.70. The smallest absolute Gasteiger partial charge is 0.324 e. The van der Waals surface area contributed by atoms with Crippen LogP contribution >= 0.6 is 0 Å². The van der Waals surface area contributed by atoms with E-state index in [0.29, 0.717) is 0 Å². The molecule has 22 heavy (non-hydrogen) atoms. The molecule has 2 rings (SSSR count). The van der Waals surface area contributed by atoms with Gasteiger partial charge in [0, 0.05) is 24.6 Å². The molecule has 0 aliphatic heterocycles. The average Bonchev–Trinajstić information content (AvgIpc) is 2.93. The molecule has 0 saturated heterocycles. The number of hydrogen-bond acceptors (Lipinski definition) is 4. The zero-order valence-corrected chi connectivity index (χ0v) is 13.8. The van der Waals surface area contributed by atoms with Gasteiger partial charge >= 0.3 is 5.97 Å². The van der Waals surface area contributed by atoms with Gasteiger partial charge < -0.3 is 5.11 Å². The normalized spacial score (nSPS) is 18.5. The summed E-state index contributed by atoms with van der Waals surface area (Å²) in [7, 11) is -3.70. The molecular formula is C15H22N2O4S. The monoisotopic (exact) mass is 326 g/mol. The third-order valence-corrected chi connectivity index (χ3v) is 6.40. The van der Waals surface area contributed by atoms with Gasteiger partial charge in [0.2, 0.25) is 0 Å². The van der Waals surface area contributed by atoms with E-state index >= 15 is 0 Å². The highest BCUT2D eigenvalue weighted by Crippen LogP contribution is 2.27. The summed E-state index contributed by atoms with van der Waals surface area (Å²) in [6.07, 6.45) is 11.3. The second-order valence-electron chi connectivity index (χ2n) is 6.03. The SMILES string of the molecule is C[C@@](CCn1cc(C2=CCCCC2)cn1)(C(=O)O)S(C)(=O)=O. The van der Waals surface area contributed by atoms with Crippen molar-refractivity contribution in [3.05, 3.63) is 24.0 Å². The molecule has 0 unspecified atom stereocenters. The maximum Gasteiger partial charge on any atom is 0.324 e. The third-order valence-electron chi connectivity index (χ3n) is 4.38. The van der Waals surface area contributed by atoms with E-state index in [-0.39, 0.29) is 13.0 Å². The van der Waals surface area contributed by atoms with Crippen molar-refractivity contribution in [2.75, 3.05) is 6.26 Å². The van der Waals surface area contributed by atoms with Crippen molar-refractivity contribution in [3.63, 3.8) is 0 Å². The van der Waals surface area contributed by atoms with Gasteiger partial charge in [-0.05, 0) is 44.6 Å². The predicted molar refractivity (Wildman–Crippen MR) is 84.2 cm³/mol. The van der Waals surface area contributed by atoms with Crippen LogP contribution < -0.4 is 0 Å². The van der Waals surface area contributed by atoms with Gasteiger partial charge in [-0.3, -0.25) is 9.48 Å². The van der Waals surface area contributed by atoms with Crippen LogP contribution in [-0.4, -0.2) is 40.3 Å². The van der Waals surface area contributed by atoms with E-state index in [1.165, 1.54) is 25.3 Å². The number of nitrogens with zero attached hydrogens (tertiary/aromatic N) is 2. The Kier molecular flexibility index (Phi) is 4.75. The Labute approximate surface area is 130 Å². The Balaban J connectivity index is 2.10. The first kappa shape index (κ1) is 16.7. The Morgan fingerprint density at radius 2 is 2.18 bits per heavy atom. The second-order valence-corrected chi connectivity index (χ2v) is 8.47. The first-order valence-corrected chi connectivity index (χ1v) is 9.28. The highest BCUT2D eigenvalue weighted by atomic mass is 32.2. The Hall–Kier alpha value is -1.63. The maximum atomic E-state index is 11.7. The lowest BCUT2D eigenvalue weighted by molar-refractivity contribution is -0.139. The van der Waals surface area contributed by atoms with E-state index < -0.39 is 20.6 Å². The number of carboxylic acids is 1. The van der Waals surface area contributed by atoms with Crippen molar-refractivity contribution in [3.8, 4) is 0 Å². The summed E-state index contributed by atoms with van der Waals surface area (Å²) in [6.45, 7) is 1.50. The van der Waals surface area contributed by atoms with Gasteiger partial charge in [-0.15, -0.1) is 0 Å². The van der Waals surface area contributed by atoms with E-state index in [0.717, 1.165) is 24.7 Å². The fraction of sp³-hybridized carbons (Fsp3) is 0.600. The third kappa shape index (κ3) is 3.40. The van der Waals surface area contributed by atoms with E-state index in [2.05, 4.69) is 11.2 Å². The lowest BCUT2D eigenvalue weighted by Crippen LogP contribution is -2.43. The highest BCUT2D eigenvalue weighted by Gasteiger charge is 2.43. The number of aromatic nitrogens is 2. The Morgan fingerprint density at radius 3 is 2.73 bits per heavy atom. The van der Waals surface area contributed by atoms with Crippen LogP contribution in [0.2, 0.25) is 0 Å². The van der Waals surface area contributed by atoms with Crippen molar-refractivity contribution >= 4 is 21.4 Å². The largest absolute Gasteiger partial charge is 0.480 e. The average molecular weight is 326 g/mol. The van der Waals surface area contributed by atoms with Crippen LogP contribution in [0.4, 0.5) is 0 Å². The summed E-state index contributed by atoms with van der Waals surface area (Å²) in [5.41, 5.74) is 2.30. The van der Waals surface area contributed by atoms with E-state index in [9.17, 15) is 18.3 Å². The maximum absolute atomic E-state index is 11.7. The number of sulfone groups is 1. The molecule has 0 amide bonds. The lowest BCUT2D eigenvalue weighted by Gasteiger charge is -2.22. The van der Waals surface area contributed by atoms with Crippen molar-refractivity contribution in [2.45, 2.75) is 50.3 Å². The van der Waals surface area contributed by atoms with Crippen LogP contribution in [0.1, 0.15) is 44.6 Å². The van der Waals surface area contributed by atoms with Gasteiger partial charge in [0.15, 0.2) is 14.6 Å². The molecule has 1 aromatic rings. The van der Waals surface area contributed by atoms with Crippen LogP contribution in [0.15, 0.2) is 18.5 Å². The molecule has 1 heterocycles. The summed E-state index contributed by atoms with van der Waals surface area (Å²) < 4.78 is 23.3. The molecule has 7 heteroatoms. The molecule has 6 nitrogen and oxygen atoms in total. The molecule has 0 spiro atoms. The number of carboxylic acid groups (broad SMARTS) is 1. The van der Waals surface area contributed by atoms with E-state index in [4.69, 9.17) is 0 Å². The number of allylic oxidation sites excluding steroid dienone is 2. The summed E-state index contributed by atoms with van der Waals surface area (Å²) in [6, 6.07) is 0. The van der Waals surface area contributed by atoms with Gasteiger partial charge in [0.1, 0.15) is 0 Å². The molecule has 1 aromatic heterocycles. The first-order chi connectivity index (χ1) is 10.2. The highest BCUT2D eigenvalue weighted by molar-refractivity contribution is 7.92. The second kappa shape index (κ2) is 6.24. The zero-order valence-electron chi connectivity index (χ0n) is 12.9. The fourth-order valence-corrected chi connectivity index (χ4v) is 3.31. The van der Waals surface area contributed by atoms with Gasteiger partial charge in [0.05, 0.1) is 6.20 Å². The van der Waals surface area contributed by atoms with E-state index in [1.807, 2.05) is 6.20 Å². The van der Waals surface area contributed by atoms with Gasteiger partial charge in [-0.1, -0.05) is 6.08 Å². The van der Waals surface area contributed by atoms with Crippen molar-refractivity contribution < 1.29 is 18.3 Å². The fourth-order valence-electron chi connectivity index (χ4n) is 2.53. The molecule has 0 radical (unpaired) electrons. The molecule has 1 aliphatic carbocycles. The molecule has 0 bridgehead atoms. The summed E-state index contributed by atoms with van der Waals surface area (Å²) >= 11 is 0. The standard InChI is InChI=1S/C15H22N2O4S/c1-15(14(18)19,22(2,20)21)8-9-17-11-13(10-16-17)12-6-4-3-5-7-12/h6,10-11H,3-5,7-9H2,1-2H3,(H,18,19)/t15-/m1/s1. The Morgan fingerprint density at radius 1 is 1.45 bits per heavy atom. The molecule has 1 atom stereocenters. The first-order valence-electron chi connectivity index (χ1n) is 7.39. The quantitative estimate of drug-likeness (QED) is 0.865. The van der Waals surface area contributed by atoms with Crippen molar-refractivity contribution in [1.29, 1.82) is 0 Å². The van der Waals surface area contributed by atoms with Gasteiger partial charge in [-0.25, -0.2) is 8.42 Å². The van der Waals surface area contributed by atoms with Crippen LogP contribution in [0.25, 0.3) is 5.57 Å². The minimum Gasteiger partial charge on any atom is -0.480 e. The molecule has 1 N–H and O–H groups in total. The molecule has 0 fully saturated rings. The number of carbonyl (C=O) groups is 1. The van der Waals surface area contributed by atoms with Crippen LogP contribution in [0.5, 0.6) is 0 Å². The van der Waals surface area contributed by atoms with Crippen LogP contribution in [0, 0.1) is 0 Å². The van der Waals surface area contributed by atoms with Gasteiger partial charge in [0.25, 0.3) is 0 Å². The summed E-state index contributed by atoms with van der Waals surface area (Å²) in [4.78, 5) is 11.3. The van der Waals surface area contributed by atoms with Crippen LogP contribution in [-0.2, 0) is 21.2 Å². The number of rotatable bonds is 6. The van der Waals surface area contributed by atoms with Gasteiger partial charge in [-0.2, -0.15) is 5.10 Å². The van der Waals surface area contributed by atoms with Crippen molar-refractivity contribution in [2.24, 2.45) is 0 Å². The van der Waals surface area contributed by atoms with Crippen LogP contribution in [0.3, 0.4) is 0 Å². The topological polar surface area (TPSA) is 89.3 Å². The molecular weight excluding hydrogens is 304 g/mol. The number of aryl methyl sites for hydroxylation is 1. The molecule has 122 valence electrons. The minimum absolute atomic E-state index is 0.0126. The van der Waals surface area contributed by atoms with E-state index in [1.54, 1.807) is 10.9 Å². The lowest BCUT2D eigenvalue weighted by atomic mass is 9.96.